The molecule has 0 unspecified atom stereocenters. The average molecular weight is 576 g/mol. The summed E-state index contributed by atoms with van der Waals surface area (Å²) in [5.74, 6) is -1.95. The van der Waals surface area contributed by atoms with E-state index >= 15 is 0 Å². The third-order valence-corrected chi connectivity index (χ3v) is 8.39. The van der Waals surface area contributed by atoms with E-state index in [9.17, 15) is 18.0 Å². The van der Waals surface area contributed by atoms with Crippen LogP contribution in [0.2, 0.25) is 5.02 Å². The predicted molar refractivity (Wildman–Crippen MR) is 150 cm³/mol. The Balaban J connectivity index is 0.000000379. The molecule has 1 aliphatic carbocycles. The van der Waals surface area contributed by atoms with Crippen LogP contribution in [0.5, 0.6) is 5.75 Å². The Hall–Kier alpha value is -3.14. The van der Waals surface area contributed by atoms with Gasteiger partial charge in [-0.2, -0.15) is 0 Å². The molecule has 0 atom stereocenters. The van der Waals surface area contributed by atoms with Gasteiger partial charge in [-0.15, -0.1) is 11.3 Å². The van der Waals surface area contributed by atoms with E-state index in [1.807, 2.05) is 0 Å². The average Bonchev–Trinajstić information content (AvgIpc) is 3.33. The Bertz CT molecular complexity index is 1460. The molecule has 39 heavy (non-hydrogen) atoms. The maximum atomic E-state index is 14.1. The fourth-order valence-electron chi connectivity index (χ4n) is 4.58. The van der Waals surface area contributed by atoms with Gasteiger partial charge in [-0.25, -0.2) is 13.2 Å². The first-order valence-corrected chi connectivity index (χ1v) is 13.8. The number of benzene rings is 2. The number of carbonyl (C=O) groups is 1. The second-order valence-electron chi connectivity index (χ2n) is 9.17. The van der Waals surface area contributed by atoms with Crippen molar-refractivity contribution in [1.82, 2.24) is 15.6 Å². The van der Waals surface area contributed by atoms with Gasteiger partial charge in [-0.1, -0.05) is 36.9 Å². The SMILES string of the molecule is CNC1CCCCC1.COc1ccc(-c2ccncc2F)cc1CNC(=O)c1sc2c(F)ccc(F)c2c1Cl. The molecule has 2 N–H and O–H groups in total. The van der Waals surface area contributed by atoms with Crippen LogP contribution in [-0.4, -0.2) is 31.1 Å². The lowest BCUT2D eigenvalue weighted by Gasteiger charge is -2.20. The lowest BCUT2D eigenvalue weighted by molar-refractivity contribution is 0.0955. The second kappa shape index (κ2) is 13.3. The second-order valence-corrected chi connectivity index (χ2v) is 10.6. The smallest absolute Gasteiger partial charge is 0.263 e. The van der Waals surface area contributed by atoms with Crippen molar-refractivity contribution in [3.05, 3.63) is 81.7 Å². The number of thiophene rings is 1. The van der Waals surface area contributed by atoms with Gasteiger partial charge < -0.3 is 15.4 Å². The van der Waals surface area contributed by atoms with Crippen molar-refractivity contribution in [2.75, 3.05) is 14.2 Å². The molecule has 1 amide bonds. The Morgan fingerprint density at radius 1 is 1.08 bits per heavy atom. The number of pyridine rings is 1. The van der Waals surface area contributed by atoms with Crippen LogP contribution < -0.4 is 15.4 Å². The minimum Gasteiger partial charge on any atom is -0.496 e. The first kappa shape index (κ1) is 28.9. The van der Waals surface area contributed by atoms with E-state index in [1.54, 1.807) is 24.3 Å². The van der Waals surface area contributed by atoms with Gasteiger partial charge in [0.15, 0.2) is 0 Å². The zero-order valence-electron chi connectivity index (χ0n) is 21.6. The Kier molecular flexibility index (Phi) is 9.83. The molecule has 5 rings (SSSR count). The molecular formula is C29H29ClF3N3O2S. The number of methoxy groups -OCH3 is 1. The summed E-state index contributed by atoms with van der Waals surface area (Å²) in [5, 5.41) is 5.72. The monoisotopic (exact) mass is 575 g/mol. The van der Waals surface area contributed by atoms with Crippen LogP contribution in [0.3, 0.4) is 0 Å². The molecule has 5 nitrogen and oxygen atoms in total. The number of carbonyl (C=O) groups excluding carboxylic acids is 1. The number of hydrogen-bond donors (Lipinski definition) is 2. The van der Waals surface area contributed by atoms with Crippen LogP contribution in [0.4, 0.5) is 13.2 Å². The number of amides is 1. The van der Waals surface area contributed by atoms with E-state index < -0.39 is 23.4 Å². The summed E-state index contributed by atoms with van der Waals surface area (Å²) in [6.07, 6.45) is 9.72. The number of nitrogens with one attached hydrogen (secondary N) is 2. The summed E-state index contributed by atoms with van der Waals surface area (Å²) in [7, 11) is 3.54. The fourth-order valence-corrected chi connectivity index (χ4v) is 6.05. The molecule has 206 valence electrons. The van der Waals surface area contributed by atoms with Crippen molar-refractivity contribution in [3.8, 4) is 16.9 Å². The molecule has 10 heteroatoms. The molecular weight excluding hydrogens is 547 g/mol. The van der Waals surface area contributed by atoms with Gasteiger partial charge in [-0.05, 0) is 55.8 Å². The Labute approximate surface area is 234 Å². The number of rotatable bonds is 6. The van der Waals surface area contributed by atoms with Gasteiger partial charge >= 0.3 is 0 Å². The standard InChI is InChI=1S/C22H14ClF3N2O2S.C7H15N/c1-30-17-5-2-11(13-6-7-27-10-16(13)26)8-12(17)9-28-22(29)21-19(23)18-14(24)3-4-15(25)20(18)31-21;1-8-7-5-3-2-4-6-7/h2-8,10H,9H2,1H3,(H,28,29);7-8H,2-6H2,1H3. The number of halogens is 4. The van der Waals surface area contributed by atoms with E-state index in [0.717, 1.165) is 35.7 Å². The largest absolute Gasteiger partial charge is 0.496 e. The van der Waals surface area contributed by atoms with Gasteiger partial charge in [0, 0.05) is 29.9 Å². The molecule has 4 aromatic rings. The maximum absolute atomic E-state index is 14.1. The zero-order valence-corrected chi connectivity index (χ0v) is 23.2. The Morgan fingerprint density at radius 2 is 1.82 bits per heavy atom. The summed E-state index contributed by atoms with van der Waals surface area (Å²) in [5.41, 5.74) is 1.51. The summed E-state index contributed by atoms with van der Waals surface area (Å²) in [4.78, 5) is 16.4. The number of ether oxygens (including phenoxy) is 1. The topological polar surface area (TPSA) is 63.2 Å². The maximum Gasteiger partial charge on any atom is 0.263 e. The van der Waals surface area contributed by atoms with Crippen molar-refractivity contribution in [2.24, 2.45) is 0 Å². The minimum absolute atomic E-state index is 0.00373. The first-order chi connectivity index (χ1) is 18.8. The first-order valence-electron chi connectivity index (χ1n) is 12.6. The zero-order chi connectivity index (χ0) is 27.9. The summed E-state index contributed by atoms with van der Waals surface area (Å²) in [6.45, 7) is 0.0259. The molecule has 2 aromatic carbocycles. The van der Waals surface area contributed by atoms with Gasteiger partial charge in [0.2, 0.25) is 0 Å². The van der Waals surface area contributed by atoms with Crippen LogP contribution in [0.25, 0.3) is 21.2 Å². The Morgan fingerprint density at radius 3 is 2.46 bits per heavy atom. The summed E-state index contributed by atoms with van der Waals surface area (Å²) >= 11 is 6.94. The molecule has 1 fully saturated rings. The molecule has 0 bridgehead atoms. The summed E-state index contributed by atoms with van der Waals surface area (Å²) < 4.78 is 47.5. The van der Waals surface area contributed by atoms with E-state index in [2.05, 4.69) is 22.7 Å². The van der Waals surface area contributed by atoms with E-state index in [1.165, 1.54) is 45.4 Å². The molecule has 0 aliphatic heterocycles. The van der Waals surface area contributed by atoms with Crippen molar-refractivity contribution < 1.29 is 22.7 Å². The quantitative estimate of drug-likeness (QED) is 0.250. The lowest BCUT2D eigenvalue weighted by Crippen LogP contribution is -2.26. The van der Waals surface area contributed by atoms with Crippen LogP contribution >= 0.6 is 22.9 Å². The number of aromatic nitrogens is 1. The van der Waals surface area contributed by atoms with E-state index in [-0.39, 0.29) is 26.5 Å². The van der Waals surface area contributed by atoms with Crippen molar-refractivity contribution in [2.45, 2.75) is 44.7 Å². The molecule has 2 aromatic heterocycles. The van der Waals surface area contributed by atoms with Gasteiger partial charge in [0.1, 0.15) is 28.1 Å². The van der Waals surface area contributed by atoms with Crippen molar-refractivity contribution >= 4 is 38.9 Å². The van der Waals surface area contributed by atoms with Gasteiger partial charge in [-0.3, -0.25) is 9.78 Å². The summed E-state index contributed by atoms with van der Waals surface area (Å²) in [6, 6.07) is 9.37. The van der Waals surface area contributed by atoms with Crippen LogP contribution in [-0.2, 0) is 6.54 Å². The minimum atomic E-state index is -0.703. The van der Waals surface area contributed by atoms with Crippen molar-refractivity contribution in [1.29, 1.82) is 0 Å². The van der Waals surface area contributed by atoms with Crippen LogP contribution in [0.15, 0.2) is 48.8 Å². The molecule has 1 saturated carbocycles. The lowest BCUT2D eigenvalue weighted by atomic mass is 9.96. The highest BCUT2D eigenvalue weighted by molar-refractivity contribution is 7.21. The predicted octanol–water partition coefficient (Wildman–Crippen LogP) is 7.51. The third kappa shape index (κ3) is 6.72. The highest BCUT2D eigenvalue weighted by Gasteiger charge is 2.22. The molecule has 1 aliphatic rings. The molecule has 2 heterocycles. The van der Waals surface area contributed by atoms with Crippen LogP contribution in [0, 0.1) is 17.5 Å². The highest BCUT2D eigenvalue weighted by Crippen LogP contribution is 2.38. The molecule has 0 saturated heterocycles. The molecule has 0 spiro atoms. The van der Waals surface area contributed by atoms with E-state index in [4.69, 9.17) is 16.3 Å². The number of hydrogen-bond acceptors (Lipinski definition) is 5. The van der Waals surface area contributed by atoms with Gasteiger partial charge in [0.25, 0.3) is 5.91 Å². The van der Waals surface area contributed by atoms with E-state index in [0.29, 0.717) is 22.4 Å². The fraction of sp³-hybridized carbons (Fsp3) is 0.310. The van der Waals surface area contributed by atoms with Gasteiger partial charge in [0.05, 0.1) is 28.4 Å². The number of fused-ring (bicyclic) bond motifs is 1. The third-order valence-electron chi connectivity index (χ3n) is 6.70. The number of nitrogens with zero attached hydrogens (tertiary/aromatic N) is 1. The molecule has 0 radical (unpaired) electrons. The van der Waals surface area contributed by atoms with Crippen LogP contribution in [0.1, 0.15) is 47.3 Å². The van der Waals surface area contributed by atoms with Crippen molar-refractivity contribution in [3.63, 3.8) is 0 Å². The highest BCUT2D eigenvalue weighted by atomic mass is 35.5. The normalized spacial score (nSPS) is 13.6.